The van der Waals surface area contributed by atoms with E-state index in [1.54, 1.807) is 0 Å². The monoisotopic (exact) mass is 240 g/mol. The van der Waals surface area contributed by atoms with E-state index >= 15 is 0 Å². The van der Waals surface area contributed by atoms with E-state index in [2.05, 4.69) is 33.0 Å². The molecular formula is C14H28N2O. The lowest BCUT2D eigenvalue weighted by atomic mass is 9.80. The molecule has 0 saturated heterocycles. The van der Waals surface area contributed by atoms with Crippen LogP contribution in [0.4, 0.5) is 0 Å². The Balaban J connectivity index is 2.56. The highest BCUT2D eigenvalue weighted by Crippen LogP contribution is 2.37. The van der Waals surface area contributed by atoms with E-state index in [4.69, 9.17) is 5.73 Å². The highest BCUT2D eigenvalue weighted by atomic mass is 16.2. The number of carbonyl (C=O) groups excluding carboxylic acids is 1. The highest BCUT2D eigenvalue weighted by molar-refractivity contribution is 5.83. The van der Waals surface area contributed by atoms with E-state index in [1.807, 2.05) is 6.92 Å². The third kappa shape index (κ3) is 3.01. The molecule has 17 heavy (non-hydrogen) atoms. The maximum atomic E-state index is 12.3. The quantitative estimate of drug-likeness (QED) is 0.792. The summed E-state index contributed by atoms with van der Waals surface area (Å²) in [4.78, 5) is 12.3. The van der Waals surface area contributed by atoms with Crippen molar-refractivity contribution in [2.75, 3.05) is 6.54 Å². The van der Waals surface area contributed by atoms with Crippen LogP contribution in [0.2, 0.25) is 0 Å². The number of nitrogens with one attached hydrogen (secondary N) is 1. The minimum atomic E-state index is -0.354. The molecule has 0 radical (unpaired) electrons. The maximum absolute atomic E-state index is 12.3. The Bertz CT molecular complexity index is 286. The molecule has 0 aromatic rings. The fraction of sp³-hybridized carbons (Fsp3) is 0.929. The molecule has 0 aromatic heterocycles. The van der Waals surface area contributed by atoms with Gasteiger partial charge in [-0.05, 0) is 31.1 Å². The lowest BCUT2D eigenvalue weighted by Gasteiger charge is -2.33. The van der Waals surface area contributed by atoms with E-state index in [-0.39, 0.29) is 22.8 Å². The first-order valence-electron chi connectivity index (χ1n) is 6.74. The first kappa shape index (κ1) is 14.5. The Hall–Kier alpha value is -0.570. The lowest BCUT2D eigenvalue weighted by molar-refractivity contribution is -0.131. The summed E-state index contributed by atoms with van der Waals surface area (Å²) in [6.07, 6.45) is 2.96. The number of hydrogen-bond acceptors (Lipinski definition) is 2. The van der Waals surface area contributed by atoms with Crippen LogP contribution in [0.3, 0.4) is 0 Å². The smallest absolute Gasteiger partial charge is 0.227 e. The van der Waals surface area contributed by atoms with Crippen LogP contribution in [0.15, 0.2) is 0 Å². The summed E-state index contributed by atoms with van der Waals surface area (Å²) in [5, 5.41) is 3.10. The van der Waals surface area contributed by atoms with Gasteiger partial charge in [-0.15, -0.1) is 0 Å². The van der Waals surface area contributed by atoms with Gasteiger partial charge in [0.05, 0.1) is 5.41 Å². The van der Waals surface area contributed by atoms with Crippen LogP contribution in [0.1, 0.15) is 53.9 Å². The van der Waals surface area contributed by atoms with Crippen molar-refractivity contribution in [3.8, 4) is 0 Å². The Morgan fingerprint density at radius 1 is 1.53 bits per heavy atom. The van der Waals surface area contributed by atoms with E-state index in [0.29, 0.717) is 5.92 Å². The molecule has 0 spiro atoms. The molecule has 0 aliphatic heterocycles. The summed E-state index contributed by atoms with van der Waals surface area (Å²) in [6.45, 7) is 11.5. The van der Waals surface area contributed by atoms with Crippen molar-refractivity contribution < 1.29 is 4.79 Å². The number of nitrogens with two attached hydrogens (primary N) is 1. The van der Waals surface area contributed by atoms with Crippen LogP contribution in [0.5, 0.6) is 0 Å². The number of hydrogen-bond donors (Lipinski definition) is 2. The van der Waals surface area contributed by atoms with Gasteiger partial charge in [-0.2, -0.15) is 0 Å². The van der Waals surface area contributed by atoms with E-state index in [0.717, 1.165) is 25.8 Å². The Morgan fingerprint density at radius 2 is 2.12 bits per heavy atom. The van der Waals surface area contributed by atoms with Crippen molar-refractivity contribution in [1.29, 1.82) is 0 Å². The maximum Gasteiger partial charge on any atom is 0.227 e. The fourth-order valence-electron chi connectivity index (χ4n) is 2.19. The topological polar surface area (TPSA) is 55.1 Å². The summed E-state index contributed by atoms with van der Waals surface area (Å²) in [5.41, 5.74) is 5.83. The second kappa shape index (κ2) is 4.97. The summed E-state index contributed by atoms with van der Waals surface area (Å²) in [5.74, 6) is 0.684. The summed E-state index contributed by atoms with van der Waals surface area (Å²) in [7, 11) is 0. The van der Waals surface area contributed by atoms with E-state index < -0.39 is 0 Å². The molecular weight excluding hydrogens is 212 g/mol. The summed E-state index contributed by atoms with van der Waals surface area (Å²) in [6, 6.07) is 0.0182. The van der Waals surface area contributed by atoms with Crippen molar-refractivity contribution in [1.82, 2.24) is 5.32 Å². The minimum absolute atomic E-state index is 0.0182. The highest BCUT2D eigenvalue weighted by Gasteiger charge is 2.43. The standard InChI is InChI=1S/C14H28N2O/c1-10(2)13(3,4)9-16-12(17)14(5)8-6-7-11(14)15/h10-11H,6-9,15H2,1-5H3,(H,16,17). The zero-order valence-corrected chi connectivity index (χ0v) is 12.0. The third-order valence-electron chi connectivity index (χ3n) is 4.82. The van der Waals surface area contributed by atoms with Crippen LogP contribution in [0, 0.1) is 16.7 Å². The van der Waals surface area contributed by atoms with Crippen LogP contribution >= 0.6 is 0 Å². The first-order valence-corrected chi connectivity index (χ1v) is 6.74. The van der Waals surface area contributed by atoms with E-state index in [9.17, 15) is 4.79 Å². The average molecular weight is 240 g/mol. The largest absolute Gasteiger partial charge is 0.355 e. The Morgan fingerprint density at radius 3 is 2.53 bits per heavy atom. The normalized spacial score (nSPS) is 29.7. The van der Waals surface area contributed by atoms with Gasteiger partial charge in [-0.25, -0.2) is 0 Å². The van der Waals surface area contributed by atoms with Gasteiger partial charge in [0.15, 0.2) is 0 Å². The molecule has 3 heteroatoms. The van der Waals surface area contributed by atoms with Crippen molar-refractivity contribution in [2.24, 2.45) is 22.5 Å². The molecule has 1 amide bonds. The van der Waals surface area contributed by atoms with Gasteiger partial charge in [0.2, 0.25) is 5.91 Å². The third-order valence-corrected chi connectivity index (χ3v) is 4.82. The molecule has 1 fully saturated rings. The molecule has 1 saturated carbocycles. The SMILES string of the molecule is CC(C)C(C)(C)CNC(=O)C1(C)CCCC1N. The van der Waals surface area contributed by atoms with Gasteiger partial charge in [-0.1, -0.05) is 34.1 Å². The molecule has 100 valence electrons. The van der Waals surface area contributed by atoms with E-state index in [1.165, 1.54) is 0 Å². The van der Waals surface area contributed by atoms with Crippen LogP contribution < -0.4 is 11.1 Å². The summed E-state index contributed by atoms with van der Waals surface area (Å²) < 4.78 is 0. The molecule has 2 atom stereocenters. The molecule has 1 aliphatic rings. The Kier molecular flexibility index (Phi) is 4.23. The van der Waals surface area contributed by atoms with Crippen LogP contribution in [-0.4, -0.2) is 18.5 Å². The predicted molar refractivity (Wildman–Crippen MR) is 71.6 cm³/mol. The molecule has 1 aliphatic carbocycles. The lowest BCUT2D eigenvalue weighted by Crippen LogP contribution is -2.49. The van der Waals surface area contributed by atoms with Gasteiger partial charge in [0.1, 0.15) is 0 Å². The van der Waals surface area contributed by atoms with Gasteiger partial charge in [-0.3, -0.25) is 4.79 Å². The van der Waals surface area contributed by atoms with Crippen molar-refractivity contribution >= 4 is 5.91 Å². The minimum Gasteiger partial charge on any atom is -0.355 e. The number of rotatable bonds is 4. The molecule has 0 aromatic carbocycles. The van der Waals surface area contributed by atoms with Crippen molar-refractivity contribution in [3.63, 3.8) is 0 Å². The molecule has 0 heterocycles. The van der Waals surface area contributed by atoms with Gasteiger partial charge in [0.25, 0.3) is 0 Å². The van der Waals surface area contributed by atoms with Gasteiger partial charge >= 0.3 is 0 Å². The summed E-state index contributed by atoms with van der Waals surface area (Å²) >= 11 is 0. The predicted octanol–water partition coefficient (Wildman–Crippen LogP) is 2.30. The van der Waals surface area contributed by atoms with Gasteiger partial charge < -0.3 is 11.1 Å². The molecule has 3 N–H and O–H groups in total. The van der Waals surface area contributed by atoms with Crippen molar-refractivity contribution in [3.05, 3.63) is 0 Å². The van der Waals surface area contributed by atoms with Crippen LogP contribution in [0.25, 0.3) is 0 Å². The zero-order chi connectivity index (χ0) is 13.3. The van der Waals surface area contributed by atoms with Crippen LogP contribution in [-0.2, 0) is 4.79 Å². The van der Waals surface area contributed by atoms with Crippen molar-refractivity contribution in [2.45, 2.75) is 59.9 Å². The molecule has 1 rings (SSSR count). The fourth-order valence-corrected chi connectivity index (χ4v) is 2.19. The second-order valence-corrected chi connectivity index (χ2v) is 6.74. The number of amides is 1. The number of carbonyl (C=O) groups is 1. The average Bonchev–Trinajstić information content (AvgIpc) is 2.57. The molecule has 0 bridgehead atoms. The zero-order valence-electron chi connectivity index (χ0n) is 12.0. The first-order chi connectivity index (χ1) is 7.70. The molecule has 2 unspecified atom stereocenters. The van der Waals surface area contributed by atoms with Gasteiger partial charge in [0, 0.05) is 12.6 Å². The Labute approximate surface area is 106 Å². The second-order valence-electron chi connectivity index (χ2n) is 6.74. The molecule has 3 nitrogen and oxygen atoms in total.